The van der Waals surface area contributed by atoms with Crippen molar-refractivity contribution < 1.29 is 0 Å². The van der Waals surface area contributed by atoms with Crippen molar-refractivity contribution in [2.24, 2.45) is 7.05 Å². The Morgan fingerprint density at radius 2 is 1.62 bits per heavy atom. The van der Waals surface area contributed by atoms with Gasteiger partial charge in [0.15, 0.2) is 0 Å². The molecule has 2 aromatic carbocycles. The molecule has 2 aromatic heterocycles. The van der Waals surface area contributed by atoms with E-state index in [1.165, 1.54) is 7.05 Å². The third kappa shape index (κ3) is 2.33. The fraction of sp³-hybridized carbons (Fsp3) is 0.105. The van der Waals surface area contributed by atoms with Gasteiger partial charge in [-0.2, -0.15) is 0 Å². The molecule has 0 aliphatic rings. The highest BCUT2D eigenvalue weighted by Gasteiger charge is 2.12. The Hall–Kier alpha value is -3.61. The number of nitrogens with one attached hydrogen (secondary N) is 1. The van der Waals surface area contributed by atoms with Crippen LogP contribution in [0.2, 0.25) is 0 Å². The van der Waals surface area contributed by atoms with E-state index < -0.39 is 17.1 Å². The summed E-state index contributed by atoms with van der Waals surface area (Å²) in [6.45, 7) is 1.97. The number of nitrogens with zero attached hydrogens (tertiary/aromatic N) is 3. The molecule has 26 heavy (non-hydrogen) atoms. The number of aryl methyl sites for hydroxylation is 1. The highest BCUT2D eigenvalue weighted by atomic mass is 16.2. The van der Waals surface area contributed by atoms with Crippen LogP contribution in [0.25, 0.3) is 22.3 Å². The number of aromatic amines is 1. The van der Waals surface area contributed by atoms with Crippen LogP contribution in [0.15, 0.2) is 69.1 Å². The standard InChI is InChI=1S/C19H16N4O3/c1-12-11-22(13-6-4-3-5-7-13)16-9-8-14(10-15(12)16)23-18(25)20-17(24)21(2)19(23)26/h3-11H,1-2H3,(H,20,24,25). The number of fused-ring (bicyclic) bond motifs is 1. The van der Waals surface area contributed by atoms with Crippen molar-refractivity contribution in [3.05, 3.63) is 91.7 Å². The van der Waals surface area contributed by atoms with Crippen LogP contribution in [0.4, 0.5) is 0 Å². The van der Waals surface area contributed by atoms with Gasteiger partial charge in [0.25, 0.3) is 0 Å². The highest BCUT2D eigenvalue weighted by molar-refractivity contribution is 5.87. The van der Waals surface area contributed by atoms with E-state index >= 15 is 0 Å². The van der Waals surface area contributed by atoms with Crippen molar-refractivity contribution in [3.63, 3.8) is 0 Å². The predicted octanol–water partition coefficient (Wildman–Crippen LogP) is 1.48. The van der Waals surface area contributed by atoms with Crippen molar-refractivity contribution in [2.75, 3.05) is 0 Å². The van der Waals surface area contributed by atoms with Gasteiger partial charge in [0.2, 0.25) is 0 Å². The quantitative estimate of drug-likeness (QED) is 0.596. The normalized spacial score (nSPS) is 11.2. The molecule has 0 amide bonds. The van der Waals surface area contributed by atoms with Crippen molar-refractivity contribution in [3.8, 4) is 11.4 Å². The summed E-state index contributed by atoms with van der Waals surface area (Å²) in [5, 5.41) is 0.923. The Bertz CT molecular complexity index is 1310. The molecular formula is C19H16N4O3. The van der Waals surface area contributed by atoms with E-state index in [1.54, 1.807) is 12.1 Å². The zero-order chi connectivity index (χ0) is 18.4. The van der Waals surface area contributed by atoms with E-state index in [0.29, 0.717) is 5.69 Å². The van der Waals surface area contributed by atoms with Crippen LogP contribution in [-0.4, -0.2) is 18.7 Å². The molecule has 7 nitrogen and oxygen atoms in total. The fourth-order valence-corrected chi connectivity index (χ4v) is 3.11. The van der Waals surface area contributed by atoms with Crippen LogP contribution >= 0.6 is 0 Å². The average molecular weight is 348 g/mol. The third-order valence-electron chi connectivity index (χ3n) is 4.48. The maximum atomic E-state index is 12.4. The zero-order valence-corrected chi connectivity index (χ0v) is 14.3. The van der Waals surface area contributed by atoms with Gasteiger partial charge < -0.3 is 4.57 Å². The van der Waals surface area contributed by atoms with Crippen molar-refractivity contribution in [2.45, 2.75) is 6.92 Å². The molecule has 0 unspecified atom stereocenters. The van der Waals surface area contributed by atoms with E-state index in [2.05, 4.69) is 9.55 Å². The average Bonchev–Trinajstić information content (AvgIpc) is 2.97. The predicted molar refractivity (Wildman–Crippen MR) is 99.5 cm³/mol. The second-order valence-electron chi connectivity index (χ2n) is 6.13. The number of rotatable bonds is 2. The van der Waals surface area contributed by atoms with Gasteiger partial charge in [0, 0.05) is 24.3 Å². The Morgan fingerprint density at radius 1 is 0.885 bits per heavy atom. The summed E-state index contributed by atoms with van der Waals surface area (Å²) >= 11 is 0. The summed E-state index contributed by atoms with van der Waals surface area (Å²) in [6, 6.07) is 15.3. The van der Waals surface area contributed by atoms with Crippen LogP contribution in [0.1, 0.15) is 5.56 Å². The van der Waals surface area contributed by atoms with Crippen molar-refractivity contribution in [1.29, 1.82) is 0 Å². The van der Waals surface area contributed by atoms with E-state index in [4.69, 9.17) is 0 Å². The lowest BCUT2D eigenvalue weighted by Gasteiger charge is -2.08. The van der Waals surface area contributed by atoms with Gasteiger partial charge in [-0.15, -0.1) is 0 Å². The van der Waals surface area contributed by atoms with Gasteiger partial charge in [-0.25, -0.2) is 23.5 Å². The SMILES string of the molecule is Cc1cn(-c2ccccc2)c2ccc(-n3c(=O)[nH]c(=O)n(C)c3=O)cc12. The van der Waals surface area contributed by atoms with Crippen LogP contribution in [0, 0.1) is 6.92 Å². The topological polar surface area (TPSA) is 81.8 Å². The zero-order valence-electron chi connectivity index (χ0n) is 14.3. The molecule has 0 aliphatic heterocycles. The molecular weight excluding hydrogens is 332 g/mol. The monoisotopic (exact) mass is 348 g/mol. The third-order valence-corrected chi connectivity index (χ3v) is 4.48. The molecule has 4 aromatic rings. The summed E-state index contributed by atoms with van der Waals surface area (Å²) in [6.07, 6.45) is 2.01. The maximum Gasteiger partial charge on any atom is 0.340 e. The first-order valence-corrected chi connectivity index (χ1v) is 8.07. The van der Waals surface area contributed by atoms with Gasteiger partial charge in [-0.1, -0.05) is 18.2 Å². The number of H-pyrrole nitrogens is 1. The minimum absolute atomic E-state index is 0.410. The van der Waals surface area contributed by atoms with E-state index in [-0.39, 0.29) is 0 Å². The summed E-state index contributed by atoms with van der Waals surface area (Å²) in [5.41, 5.74) is 1.25. The summed E-state index contributed by atoms with van der Waals surface area (Å²) in [5.74, 6) is 0. The van der Waals surface area contributed by atoms with Crippen LogP contribution < -0.4 is 17.1 Å². The van der Waals surface area contributed by atoms with Crippen molar-refractivity contribution >= 4 is 10.9 Å². The Balaban J connectivity index is 1.98. The molecule has 130 valence electrons. The number of hydrogen-bond acceptors (Lipinski definition) is 3. The molecule has 0 saturated carbocycles. The maximum absolute atomic E-state index is 12.4. The van der Waals surface area contributed by atoms with Gasteiger partial charge in [0.05, 0.1) is 11.2 Å². The van der Waals surface area contributed by atoms with Gasteiger partial charge in [-0.05, 0) is 42.8 Å². The summed E-state index contributed by atoms with van der Waals surface area (Å²) in [7, 11) is 1.33. The second kappa shape index (κ2) is 5.73. The molecule has 0 bridgehead atoms. The molecule has 0 radical (unpaired) electrons. The summed E-state index contributed by atoms with van der Waals surface area (Å²) in [4.78, 5) is 38.2. The largest absolute Gasteiger partial charge is 0.340 e. The molecule has 1 N–H and O–H groups in total. The van der Waals surface area contributed by atoms with E-state index in [1.807, 2.05) is 49.5 Å². The minimum Gasteiger partial charge on any atom is -0.316 e. The molecule has 0 saturated heterocycles. The molecule has 0 fully saturated rings. The van der Waals surface area contributed by atoms with E-state index in [9.17, 15) is 14.4 Å². The Morgan fingerprint density at radius 3 is 2.35 bits per heavy atom. The number of para-hydroxylation sites is 1. The lowest BCUT2D eigenvalue weighted by Crippen LogP contribution is -2.47. The van der Waals surface area contributed by atoms with Crippen LogP contribution in [0.3, 0.4) is 0 Å². The summed E-state index contributed by atoms with van der Waals surface area (Å²) < 4.78 is 3.88. The highest BCUT2D eigenvalue weighted by Crippen LogP contribution is 2.26. The van der Waals surface area contributed by atoms with Gasteiger partial charge in [-0.3, -0.25) is 4.98 Å². The lowest BCUT2D eigenvalue weighted by atomic mass is 10.1. The molecule has 4 rings (SSSR count). The lowest BCUT2D eigenvalue weighted by molar-refractivity contribution is 0.660. The Kier molecular flexibility index (Phi) is 3.50. The first-order valence-electron chi connectivity index (χ1n) is 8.07. The number of aromatic nitrogens is 4. The number of benzene rings is 2. The first kappa shape index (κ1) is 15.9. The van der Waals surface area contributed by atoms with Crippen LogP contribution in [0.5, 0.6) is 0 Å². The number of hydrogen-bond donors (Lipinski definition) is 1. The fourth-order valence-electron chi connectivity index (χ4n) is 3.11. The molecule has 0 aliphatic carbocycles. The van der Waals surface area contributed by atoms with Crippen molar-refractivity contribution in [1.82, 2.24) is 18.7 Å². The van der Waals surface area contributed by atoms with Gasteiger partial charge in [0.1, 0.15) is 0 Å². The van der Waals surface area contributed by atoms with Crippen LogP contribution in [-0.2, 0) is 7.05 Å². The second-order valence-corrected chi connectivity index (χ2v) is 6.13. The van der Waals surface area contributed by atoms with E-state index in [0.717, 1.165) is 31.3 Å². The minimum atomic E-state index is -0.752. The Labute approximate surface area is 147 Å². The van der Waals surface area contributed by atoms with Gasteiger partial charge >= 0.3 is 17.1 Å². The molecule has 2 heterocycles. The molecule has 0 atom stereocenters. The molecule has 0 spiro atoms. The molecule has 7 heteroatoms. The smallest absolute Gasteiger partial charge is 0.316 e. The first-order chi connectivity index (χ1) is 12.5.